The second-order valence-electron chi connectivity index (χ2n) is 8.40. The highest BCUT2D eigenvalue weighted by atomic mass is 79.9. The number of thioether (sulfide) groups is 1. The van der Waals surface area contributed by atoms with E-state index in [4.69, 9.17) is 14.2 Å². The molecule has 3 aromatic rings. The Bertz CT molecular complexity index is 1420. The monoisotopic (exact) mass is 594 g/mol. The Labute approximate surface area is 234 Å². The minimum Gasteiger partial charge on any atom is -0.493 e. The van der Waals surface area contributed by atoms with Crippen LogP contribution in [0, 0.1) is 6.92 Å². The number of benzene rings is 3. The Morgan fingerprint density at radius 3 is 2.55 bits per heavy atom. The maximum atomic E-state index is 13.2. The lowest BCUT2D eigenvalue weighted by molar-refractivity contribution is -0.122. The van der Waals surface area contributed by atoms with Crippen molar-refractivity contribution in [2.24, 2.45) is 4.99 Å². The summed E-state index contributed by atoms with van der Waals surface area (Å²) in [4.78, 5) is 31.8. The second-order valence-corrected chi connectivity index (χ2v) is 10.3. The fourth-order valence-corrected chi connectivity index (χ4v) is 5.39. The lowest BCUT2D eigenvalue weighted by Crippen LogP contribution is -2.28. The summed E-state index contributed by atoms with van der Waals surface area (Å²) in [5.74, 6) is 0.550. The van der Waals surface area contributed by atoms with Crippen LogP contribution in [-0.4, -0.2) is 42.7 Å². The number of amides is 1. The van der Waals surface area contributed by atoms with E-state index in [1.165, 1.54) is 24.4 Å². The quantitative estimate of drug-likeness (QED) is 0.212. The van der Waals surface area contributed by atoms with Crippen molar-refractivity contribution in [2.45, 2.75) is 20.5 Å². The number of amidine groups is 1. The first-order valence-corrected chi connectivity index (χ1v) is 13.5. The van der Waals surface area contributed by atoms with E-state index in [2.05, 4.69) is 20.9 Å². The van der Waals surface area contributed by atoms with Gasteiger partial charge in [0.15, 0.2) is 16.7 Å². The molecule has 1 fully saturated rings. The average Bonchev–Trinajstić information content (AvgIpc) is 3.21. The van der Waals surface area contributed by atoms with Crippen molar-refractivity contribution in [2.75, 3.05) is 20.8 Å². The molecule has 0 spiro atoms. The highest BCUT2D eigenvalue weighted by Gasteiger charge is 2.32. The Morgan fingerprint density at radius 2 is 1.87 bits per heavy atom. The van der Waals surface area contributed by atoms with Gasteiger partial charge in [-0.05, 0) is 89.1 Å². The third kappa shape index (κ3) is 6.28. The number of aliphatic imine (C=N–C) groups is 1. The molecule has 3 aromatic carbocycles. The molecule has 4 rings (SSSR count). The van der Waals surface area contributed by atoms with Gasteiger partial charge in [0.25, 0.3) is 5.91 Å². The summed E-state index contributed by atoms with van der Waals surface area (Å²) in [6.45, 7) is 4.79. The van der Waals surface area contributed by atoms with Crippen LogP contribution >= 0.6 is 27.7 Å². The maximum absolute atomic E-state index is 13.2. The van der Waals surface area contributed by atoms with Gasteiger partial charge in [0.2, 0.25) is 0 Å². The molecule has 0 N–H and O–H groups in total. The van der Waals surface area contributed by atoms with Crippen molar-refractivity contribution in [3.63, 3.8) is 0 Å². The van der Waals surface area contributed by atoms with Gasteiger partial charge in [0.1, 0.15) is 6.61 Å². The van der Waals surface area contributed by atoms with Crippen LogP contribution in [0.25, 0.3) is 6.08 Å². The van der Waals surface area contributed by atoms with Crippen LogP contribution in [-0.2, 0) is 16.1 Å². The van der Waals surface area contributed by atoms with Crippen LogP contribution in [0.2, 0.25) is 0 Å². The second kappa shape index (κ2) is 12.3. The van der Waals surface area contributed by atoms with E-state index in [9.17, 15) is 9.59 Å². The zero-order valence-corrected chi connectivity index (χ0v) is 23.9. The molecule has 0 bridgehead atoms. The lowest BCUT2D eigenvalue weighted by Gasteiger charge is -2.14. The summed E-state index contributed by atoms with van der Waals surface area (Å²) < 4.78 is 17.2. The zero-order chi connectivity index (χ0) is 27.2. The van der Waals surface area contributed by atoms with Gasteiger partial charge in [-0.1, -0.05) is 35.9 Å². The first-order chi connectivity index (χ1) is 18.3. The highest BCUT2D eigenvalue weighted by Crippen LogP contribution is 2.40. The van der Waals surface area contributed by atoms with Gasteiger partial charge in [-0.25, -0.2) is 9.79 Å². The number of likely N-dealkylation sites (N-methyl/N-ethyl adjacent to an activating group) is 1. The van der Waals surface area contributed by atoms with E-state index < -0.39 is 5.97 Å². The molecular formula is C29H27BrN2O5S. The van der Waals surface area contributed by atoms with Gasteiger partial charge in [0, 0.05) is 6.54 Å². The summed E-state index contributed by atoms with van der Waals surface area (Å²) >= 11 is 4.87. The fraction of sp³-hybridized carbons (Fsp3) is 0.207. The molecule has 0 atom stereocenters. The lowest BCUT2D eigenvalue weighted by atomic mass is 10.1. The number of halogens is 1. The SMILES string of the molecule is CCN1C(=O)C(=Cc2cc(Br)c(OCc3ccc(C)cc3)c(OC)c2)SC1=Nc1cccc(C(=O)OC)c1. The van der Waals surface area contributed by atoms with Gasteiger partial charge >= 0.3 is 5.97 Å². The largest absolute Gasteiger partial charge is 0.493 e. The van der Waals surface area contributed by atoms with Gasteiger partial charge in [-0.3, -0.25) is 9.69 Å². The first-order valence-electron chi connectivity index (χ1n) is 11.9. The van der Waals surface area contributed by atoms with E-state index in [1.54, 1.807) is 42.4 Å². The van der Waals surface area contributed by atoms with Crippen LogP contribution in [0.5, 0.6) is 11.5 Å². The molecule has 196 valence electrons. The van der Waals surface area contributed by atoms with Crippen molar-refractivity contribution < 1.29 is 23.8 Å². The van der Waals surface area contributed by atoms with Crippen LogP contribution in [0.4, 0.5) is 5.69 Å². The molecule has 9 heteroatoms. The van der Waals surface area contributed by atoms with Crippen LogP contribution in [0.1, 0.15) is 34.0 Å². The fourth-order valence-electron chi connectivity index (χ4n) is 3.76. The summed E-state index contributed by atoms with van der Waals surface area (Å²) in [6, 6.07) is 18.7. The summed E-state index contributed by atoms with van der Waals surface area (Å²) in [6.07, 6.45) is 1.81. The molecular weight excluding hydrogens is 568 g/mol. The number of rotatable bonds is 8. The number of esters is 1. The third-order valence-corrected chi connectivity index (χ3v) is 7.35. The summed E-state index contributed by atoms with van der Waals surface area (Å²) in [5.41, 5.74) is 3.96. The van der Waals surface area contributed by atoms with Crippen molar-refractivity contribution >= 4 is 56.5 Å². The van der Waals surface area contributed by atoms with E-state index >= 15 is 0 Å². The molecule has 0 aliphatic carbocycles. The number of hydrogen-bond acceptors (Lipinski definition) is 7. The van der Waals surface area contributed by atoms with E-state index in [0.29, 0.717) is 50.4 Å². The Hall–Kier alpha value is -3.56. The van der Waals surface area contributed by atoms with Crippen molar-refractivity contribution in [1.82, 2.24) is 4.90 Å². The Morgan fingerprint density at radius 1 is 1.11 bits per heavy atom. The number of nitrogens with zero attached hydrogens (tertiary/aromatic N) is 2. The molecule has 1 heterocycles. The first kappa shape index (κ1) is 27.5. The molecule has 1 saturated heterocycles. The van der Waals surface area contributed by atoms with Gasteiger partial charge < -0.3 is 14.2 Å². The molecule has 0 unspecified atom stereocenters. The Balaban J connectivity index is 1.59. The third-order valence-electron chi connectivity index (χ3n) is 5.75. The molecule has 1 aliphatic rings. The van der Waals surface area contributed by atoms with Crippen molar-refractivity contribution in [3.05, 3.63) is 92.3 Å². The zero-order valence-electron chi connectivity index (χ0n) is 21.5. The number of aryl methyl sites for hydroxylation is 1. The number of hydrogen-bond donors (Lipinski definition) is 0. The molecule has 1 amide bonds. The molecule has 0 radical (unpaired) electrons. The smallest absolute Gasteiger partial charge is 0.337 e. The van der Waals surface area contributed by atoms with Crippen LogP contribution in [0.15, 0.2) is 75.0 Å². The molecule has 38 heavy (non-hydrogen) atoms. The summed E-state index contributed by atoms with van der Waals surface area (Å²) in [7, 11) is 2.91. The van der Waals surface area contributed by atoms with E-state index in [1.807, 2.05) is 50.2 Å². The number of methoxy groups -OCH3 is 2. The van der Waals surface area contributed by atoms with Crippen LogP contribution < -0.4 is 9.47 Å². The Kier molecular flexibility index (Phi) is 8.91. The predicted octanol–water partition coefficient (Wildman–Crippen LogP) is 6.76. The summed E-state index contributed by atoms with van der Waals surface area (Å²) in [5, 5.41) is 0.537. The van der Waals surface area contributed by atoms with E-state index in [0.717, 1.165) is 11.1 Å². The molecule has 7 nitrogen and oxygen atoms in total. The van der Waals surface area contributed by atoms with Crippen LogP contribution in [0.3, 0.4) is 0 Å². The standard InChI is InChI=1S/C29H27BrN2O5S/c1-5-32-27(33)25(38-29(32)31-22-8-6-7-21(16-22)28(34)36-4)15-20-13-23(30)26(24(14-20)35-3)37-17-19-11-9-18(2)10-12-19/h6-16H,5,17H2,1-4H3. The van der Waals surface area contributed by atoms with Gasteiger partial charge in [-0.15, -0.1) is 0 Å². The minimum atomic E-state index is -0.444. The van der Waals surface area contributed by atoms with E-state index in [-0.39, 0.29) is 5.91 Å². The molecule has 1 aliphatic heterocycles. The van der Waals surface area contributed by atoms with Gasteiger partial charge in [0.05, 0.1) is 34.8 Å². The predicted molar refractivity (Wildman–Crippen MR) is 154 cm³/mol. The average molecular weight is 596 g/mol. The number of ether oxygens (including phenoxy) is 3. The maximum Gasteiger partial charge on any atom is 0.337 e. The van der Waals surface area contributed by atoms with Crippen molar-refractivity contribution in [1.29, 1.82) is 0 Å². The molecule has 0 aromatic heterocycles. The molecule has 0 saturated carbocycles. The number of carbonyl (C=O) groups is 2. The van der Waals surface area contributed by atoms with Gasteiger partial charge in [-0.2, -0.15) is 0 Å². The minimum absolute atomic E-state index is 0.143. The van der Waals surface area contributed by atoms with Crippen molar-refractivity contribution in [3.8, 4) is 11.5 Å². The number of carbonyl (C=O) groups excluding carboxylic acids is 2. The highest BCUT2D eigenvalue weighted by molar-refractivity contribution is 9.10. The topological polar surface area (TPSA) is 77.4 Å². The normalized spacial score (nSPS) is 15.3.